The number of nitrogens with zero attached hydrogens (tertiary/aromatic N) is 1. The summed E-state index contributed by atoms with van der Waals surface area (Å²) in [6, 6.07) is 7.45. The van der Waals surface area contributed by atoms with E-state index in [-0.39, 0.29) is 12.3 Å². The van der Waals surface area contributed by atoms with Crippen molar-refractivity contribution in [1.29, 1.82) is 0 Å². The minimum atomic E-state index is -0.668. The normalized spacial score (nSPS) is 11.7. The second kappa shape index (κ2) is 6.53. The number of nitro benzene ring substituents is 1. The fraction of sp³-hybridized carbons (Fsp3) is 0.154. The first-order chi connectivity index (χ1) is 10.1. The molecule has 0 bridgehead atoms. The zero-order valence-electron chi connectivity index (χ0n) is 10.9. The molecule has 2 aromatic rings. The van der Waals surface area contributed by atoms with Crippen LogP contribution in [0.25, 0.3) is 0 Å². The summed E-state index contributed by atoms with van der Waals surface area (Å²) in [6.45, 7) is -0.318. The van der Waals surface area contributed by atoms with Gasteiger partial charge in [0.25, 0.3) is 5.69 Å². The van der Waals surface area contributed by atoms with Crippen LogP contribution in [0.3, 0.4) is 0 Å². The zero-order valence-corrected chi connectivity index (χ0v) is 10.9. The summed E-state index contributed by atoms with van der Waals surface area (Å²) in [5.41, 5.74) is 0.332. The average Bonchev–Trinajstić information content (AvgIpc) is 2.99. The molecule has 21 heavy (non-hydrogen) atoms. The highest BCUT2D eigenvalue weighted by atomic mass is 16.6. The van der Waals surface area contributed by atoms with Crippen molar-refractivity contribution in [3.8, 4) is 0 Å². The number of hydrogen-bond donors (Lipinski definition) is 3. The number of aliphatic hydroxyl groups excluding tert-OH is 1. The van der Waals surface area contributed by atoms with Crippen molar-refractivity contribution in [2.75, 3.05) is 11.9 Å². The van der Waals surface area contributed by atoms with Gasteiger partial charge in [-0.1, -0.05) is 0 Å². The highest BCUT2D eigenvalue weighted by Gasteiger charge is 2.16. The van der Waals surface area contributed by atoms with Gasteiger partial charge in [-0.2, -0.15) is 0 Å². The number of hydrogen-bond acceptors (Lipinski definition) is 5. The lowest BCUT2D eigenvalue weighted by Gasteiger charge is -2.14. The molecule has 3 N–H and O–H groups in total. The molecule has 0 radical (unpaired) electrons. The maximum absolute atomic E-state index is 11.8. The van der Waals surface area contributed by atoms with Crippen molar-refractivity contribution in [3.05, 3.63) is 58.5 Å². The molecule has 0 saturated carbocycles. The summed E-state index contributed by atoms with van der Waals surface area (Å²) in [6.07, 6.45) is 1.44. The van der Waals surface area contributed by atoms with Gasteiger partial charge in [0.05, 0.1) is 17.8 Å². The summed E-state index contributed by atoms with van der Waals surface area (Å²) >= 11 is 0. The number of anilines is 1. The van der Waals surface area contributed by atoms with E-state index in [1.165, 1.54) is 30.5 Å². The first kappa shape index (κ1) is 14.5. The van der Waals surface area contributed by atoms with Gasteiger partial charge in [-0.25, -0.2) is 4.79 Å². The van der Waals surface area contributed by atoms with Gasteiger partial charge in [0.15, 0.2) is 0 Å². The fourth-order valence-corrected chi connectivity index (χ4v) is 1.69. The molecule has 0 aliphatic carbocycles. The number of aliphatic hydroxyl groups is 1. The van der Waals surface area contributed by atoms with Crippen LogP contribution >= 0.6 is 0 Å². The molecule has 0 fully saturated rings. The van der Waals surface area contributed by atoms with Crippen LogP contribution in [0.4, 0.5) is 16.2 Å². The van der Waals surface area contributed by atoms with Crippen LogP contribution in [0.1, 0.15) is 11.8 Å². The van der Waals surface area contributed by atoms with E-state index in [4.69, 9.17) is 4.42 Å². The van der Waals surface area contributed by atoms with Gasteiger partial charge in [0.1, 0.15) is 11.8 Å². The van der Waals surface area contributed by atoms with Gasteiger partial charge in [0, 0.05) is 17.8 Å². The molecule has 1 atom stereocenters. The van der Waals surface area contributed by atoms with Crippen molar-refractivity contribution in [2.24, 2.45) is 0 Å². The number of non-ortho nitro benzene ring substituents is 1. The van der Waals surface area contributed by atoms with Crippen LogP contribution in [0.15, 0.2) is 47.1 Å². The first-order valence-corrected chi connectivity index (χ1v) is 6.06. The monoisotopic (exact) mass is 291 g/mol. The number of carbonyl (C=O) groups excluding carboxylic acids is 1. The Morgan fingerprint density at radius 2 is 2.05 bits per heavy atom. The Morgan fingerprint density at radius 3 is 2.57 bits per heavy atom. The predicted octanol–water partition coefficient (Wildman–Crippen LogP) is 2.04. The SMILES string of the molecule is O=C(Nc1ccc([N+](=O)[O-])cc1)N[C@H](CO)c1ccco1. The quantitative estimate of drug-likeness (QED) is 0.575. The molecule has 0 spiro atoms. The highest BCUT2D eigenvalue weighted by molar-refractivity contribution is 5.89. The Balaban J connectivity index is 1.96. The second-order valence-corrected chi connectivity index (χ2v) is 4.15. The van der Waals surface area contributed by atoms with Gasteiger partial charge in [0.2, 0.25) is 0 Å². The van der Waals surface area contributed by atoms with Crippen molar-refractivity contribution < 1.29 is 19.2 Å². The molecule has 8 nitrogen and oxygen atoms in total. The summed E-state index contributed by atoms with van der Waals surface area (Å²) in [5, 5.41) is 24.8. The van der Waals surface area contributed by atoms with E-state index in [0.29, 0.717) is 11.4 Å². The number of carbonyl (C=O) groups is 1. The summed E-state index contributed by atoms with van der Waals surface area (Å²) in [5.74, 6) is 0.427. The maximum atomic E-state index is 11.8. The Morgan fingerprint density at radius 1 is 1.33 bits per heavy atom. The molecule has 0 saturated heterocycles. The number of nitro groups is 1. The molecule has 1 heterocycles. The van der Waals surface area contributed by atoms with Crippen molar-refractivity contribution in [2.45, 2.75) is 6.04 Å². The maximum Gasteiger partial charge on any atom is 0.319 e. The van der Waals surface area contributed by atoms with E-state index in [1.54, 1.807) is 12.1 Å². The van der Waals surface area contributed by atoms with Gasteiger partial charge in [-0.3, -0.25) is 10.1 Å². The molecule has 2 amide bonds. The van der Waals surface area contributed by atoms with Crippen LogP contribution in [0.5, 0.6) is 0 Å². The third-order valence-electron chi connectivity index (χ3n) is 2.71. The van der Waals surface area contributed by atoms with Gasteiger partial charge >= 0.3 is 6.03 Å². The molecule has 110 valence electrons. The van der Waals surface area contributed by atoms with E-state index in [2.05, 4.69) is 10.6 Å². The molecule has 1 aromatic heterocycles. The van der Waals surface area contributed by atoms with Crippen LogP contribution < -0.4 is 10.6 Å². The highest BCUT2D eigenvalue weighted by Crippen LogP contribution is 2.16. The lowest BCUT2D eigenvalue weighted by molar-refractivity contribution is -0.384. The smallest absolute Gasteiger partial charge is 0.319 e. The number of benzene rings is 1. The fourth-order valence-electron chi connectivity index (χ4n) is 1.69. The van der Waals surface area contributed by atoms with E-state index in [9.17, 15) is 20.0 Å². The minimum absolute atomic E-state index is 0.0650. The first-order valence-electron chi connectivity index (χ1n) is 6.06. The largest absolute Gasteiger partial charge is 0.467 e. The zero-order chi connectivity index (χ0) is 15.2. The van der Waals surface area contributed by atoms with E-state index in [0.717, 1.165) is 0 Å². The van der Waals surface area contributed by atoms with Gasteiger partial charge in [-0.15, -0.1) is 0 Å². The van der Waals surface area contributed by atoms with Gasteiger partial charge in [-0.05, 0) is 24.3 Å². The van der Waals surface area contributed by atoms with Crippen molar-refractivity contribution in [3.63, 3.8) is 0 Å². The Labute approximate surface area is 119 Å². The van der Waals surface area contributed by atoms with Crippen LogP contribution in [-0.4, -0.2) is 22.7 Å². The molecule has 8 heteroatoms. The Kier molecular flexibility index (Phi) is 4.52. The predicted molar refractivity (Wildman–Crippen MR) is 73.8 cm³/mol. The molecular formula is C13H13N3O5. The summed E-state index contributed by atoms with van der Waals surface area (Å²) in [4.78, 5) is 21.8. The number of furan rings is 1. The summed E-state index contributed by atoms with van der Waals surface area (Å²) < 4.78 is 5.10. The Bertz CT molecular complexity index is 609. The Hall–Kier alpha value is -2.87. The molecule has 0 aliphatic heterocycles. The number of nitrogens with one attached hydrogen (secondary N) is 2. The second-order valence-electron chi connectivity index (χ2n) is 4.15. The van der Waals surface area contributed by atoms with Gasteiger partial charge < -0.3 is 20.2 Å². The summed E-state index contributed by atoms with van der Waals surface area (Å²) in [7, 11) is 0. The van der Waals surface area contributed by atoms with Crippen molar-refractivity contribution >= 4 is 17.4 Å². The molecule has 0 aliphatic rings. The lowest BCUT2D eigenvalue weighted by atomic mass is 10.2. The topological polar surface area (TPSA) is 118 Å². The number of amides is 2. The van der Waals surface area contributed by atoms with Crippen LogP contribution in [0, 0.1) is 10.1 Å². The third-order valence-corrected chi connectivity index (χ3v) is 2.71. The number of urea groups is 1. The van der Waals surface area contributed by atoms with Crippen LogP contribution in [0.2, 0.25) is 0 Å². The van der Waals surface area contributed by atoms with E-state index < -0.39 is 17.0 Å². The molecule has 1 aromatic carbocycles. The molecular weight excluding hydrogens is 278 g/mol. The van der Waals surface area contributed by atoms with Crippen LogP contribution in [-0.2, 0) is 0 Å². The number of rotatable bonds is 5. The third kappa shape index (κ3) is 3.80. The van der Waals surface area contributed by atoms with Crippen molar-refractivity contribution in [1.82, 2.24) is 5.32 Å². The van der Waals surface area contributed by atoms with E-state index >= 15 is 0 Å². The standard InChI is InChI=1S/C13H13N3O5/c17-8-11(12-2-1-7-21-12)15-13(18)14-9-3-5-10(6-4-9)16(19)20/h1-7,11,17H,8H2,(H2,14,15,18)/t11-/m1/s1. The molecule has 2 rings (SSSR count). The minimum Gasteiger partial charge on any atom is -0.467 e. The van der Waals surface area contributed by atoms with E-state index in [1.807, 2.05) is 0 Å². The average molecular weight is 291 g/mol. The molecule has 0 unspecified atom stereocenters. The lowest BCUT2D eigenvalue weighted by Crippen LogP contribution is -2.34.